The number of nitrogens with zero attached hydrogens (tertiary/aromatic N) is 2. The number of methoxy groups -OCH3 is 1. The van der Waals surface area contributed by atoms with Gasteiger partial charge in [0.15, 0.2) is 16.1 Å². The molecule has 2 heterocycles. The summed E-state index contributed by atoms with van der Waals surface area (Å²) in [6, 6.07) is 7.62. The predicted octanol–water partition coefficient (Wildman–Crippen LogP) is 4.21. The maximum Gasteiger partial charge on any atom is 0.416 e. The highest BCUT2D eigenvalue weighted by atomic mass is 32.2. The number of hydrogen-bond acceptors (Lipinski definition) is 6. The van der Waals surface area contributed by atoms with E-state index in [2.05, 4.69) is 19.7 Å². The molecule has 0 saturated heterocycles. The lowest BCUT2D eigenvalue weighted by molar-refractivity contribution is -0.137. The first kappa shape index (κ1) is 21.0. The van der Waals surface area contributed by atoms with Crippen LogP contribution in [0.1, 0.15) is 5.56 Å². The number of aromatic amines is 1. The Balaban J connectivity index is 1.81. The topological polar surface area (TPSA) is 97.0 Å². The molecule has 2 aromatic heterocycles. The summed E-state index contributed by atoms with van der Waals surface area (Å²) in [4.78, 5) is 23.0. The molecule has 0 spiro atoms. The first-order valence-electron chi connectivity index (χ1n) is 8.64. The molecule has 1 atom stereocenters. The smallest absolute Gasteiger partial charge is 0.416 e. The van der Waals surface area contributed by atoms with Crippen LogP contribution in [0.5, 0.6) is 5.75 Å². The number of nitrogens with one attached hydrogen (secondary N) is 2. The summed E-state index contributed by atoms with van der Waals surface area (Å²) in [7, 11) is -0.404. The van der Waals surface area contributed by atoms with Crippen molar-refractivity contribution in [1.29, 1.82) is 0 Å². The molecule has 0 bridgehead atoms. The van der Waals surface area contributed by atoms with Crippen molar-refractivity contribution in [2.45, 2.75) is 11.1 Å². The molecule has 0 radical (unpaired) electrons. The molecule has 7 nitrogen and oxygen atoms in total. The summed E-state index contributed by atoms with van der Waals surface area (Å²) in [5, 5.41) is 2.65. The molecule has 0 saturated carbocycles. The fourth-order valence-electron chi connectivity index (χ4n) is 2.93. The van der Waals surface area contributed by atoms with E-state index in [-0.39, 0.29) is 17.0 Å². The van der Waals surface area contributed by atoms with Crippen LogP contribution in [0.25, 0.3) is 22.2 Å². The minimum Gasteiger partial charge on any atom is -0.496 e. The molecule has 0 aliphatic heterocycles. The van der Waals surface area contributed by atoms with Gasteiger partial charge in [-0.3, -0.25) is 4.72 Å². The van der Waals surface area contributed by atoms with Crippen LogP contribution in [-0.4, -0.2) is 26.3 Å². The zero-order valence-corrected chi connectivity index (χ0v) is 17.3. The van der Waals surface area contributed by atoms with Gasteiger partial charge in [0.25, 0.3) is 0 Å². The lowest BCUT2D eigenvalue weighted by Crippen LogP contribution is -2.13. The number of alkyl halides is 3. The normalized spacial score (nSPS) is 12.6. The lowest BCUT2D eigenvalue weighted by Gasteiger charge is -2.14. The summed E-state index contributed by atoms with van der Waals surface area (Å²) in [5.74, 6) is -0.0766. The van der Waals surface area contributed by atoms with Gasteiger partial charge in [-0.05, 0) is 36.4 Å². The van der Waals surface area contributed by atoms with Gasteiger partial charge in [-0.1, -0.05) is 0 Å². The number of thiazole rings is 1. The number of rotatable bonds is 5. The molecule has 0 aliphatic rings. The molecule has 4 rings (SSSR count). The Kier molecular flexibility index (Phi) is 5.50. The fraction of sp³-hybridized carbons (Fsp3) is 0.105. The number of anilines is 1. The number of hydrogen-bond donors (Lipinski definition) is 2. The number of benzene rings is 2. The Bertz CT molecular complexity index is 1340. The third-order valence-corrected chi connectivity index (χ3v) is 6.19. The highest BCUT2D eigenvalue weighted by Crippen LogP contribution is 2.38. The molecule has 0 fully saturated rings. The van der Waals surface area contributed by atoms with Gasteiger partial charge in [-0.25, -0.2) is 14.0 Å². The number of aromatic nitrogens is 3. The molecule has 0 amide bonds. The van der Waals surface area contributed by atoms with E-state index >= 15 is 0 Å². The highest BCUT2D eigenvalue weighted by Gasteiger charge is 2.31. The van der Waals surface area contributed by atoms with Crippen molar-refractivity contribution >= 4 is 38.4 Å². The monoisotopic (exact) mass is 466 g/mol. The maximum absolute atomic E-state index is 13.0. The molecule has 160 valence electrons. The van der Waals surface area contributed by atoms with E-state index < -0.39 is 28.4 Å². The average molecular weight is 466 g/mol. The molecule has 12 heteroatoms. The molecular weight excluding hydrogens is 453 g/mol. The summed E-state index contributed by atoms with van der Waals surface area (Å²) < 4.78 is 59.6. The van der Waals surface area contributed by atoms with E-state index in [1.165, 1.54) is 30.6 Å². The van der Waals surface area contributed by atoms with Gasteiger partial charge in [0.05, 0.1) is 28.8 Å². The number of ether oxygens (including phenoxy) is 1. The van der Waals surface area contributed by atoms with E-state index in [4.69, 9.17) is 4.74 Å². The highest BCUT2D eigenvalue weighted by molar-refractivity contribution is 7.86. The molecular formula is C19H13F3N4O3S2. The van der Waals surface area contributed by atoms with Crippen molar-refractivity contribution < 1.29 is 22.1 Å². The molecule has 1 unspecified atom stereocenters. The van der Waals surface area contributed by atoms with Crippen molar-refractivity contribution in [2.24, 2.45) is 0 Å². The first-order chi connectivity index (χ1) is 14.8. The summed E-state index contributed by atoms with van der Waals surface area (Å²) >= 11 is 1.28. The van der Waals surface area contributed by atoms with Crippen molar-refractivity contribution in [1.82, 2.24) is 15.0 Å². The van der Waals surface area contributed by atoms with E-state index in [0.29, 0.717) is 20.9 Å². The quantitative estimate of drug-likeness (QED) is 0.459. The molecule has 31 heavy (non-hydrogen) atoms. The third kappa shape index (κ3) is 4.30. The zero-order valence-electron chi connectivity index (χ0n) is 15.7. The van der Waals surface area contributed by atoms with E-state index in [1.807, 2.05) is 0 Å². The van der Waals surface area contributed by atoms with E-state index in [9.17, 15) is 22.2 Å². The van der Waals surface area contributed by atoms with Gasteiger partial charge >= 0.3 is 11.9 Å². The van der Waals surface area contributed by atoms with Crippen LogP contribution in [0.2, 0.25) is 0 Å². The van der Waals surface area contributed by atoms with Crippen LogP contribution in [0.4, 0.5) is 18.3 Å². The second-order valence-corrected chi connectivity index (χ2v) is 8.33. The van der Waals surface area contributed by atoms with Crippen LogP contribution in [-0.2, 0) is 17.2 Å². The SMILES string of the molecule is COc1cc(C(F)(F)F)ccc1-c1nc(=O)[nH]c2cc(S(=O)Nc3nccs3)ccc12. The van der Waals surface area contributed by atoms with E-state index in [1.54, 1.807) is 23.7 Å². The summed E-state index contributed by atoms with van der Waals surface area (Å²) in [6.45, 7) is 0. The predicted molar refractivity (Wildman–Crippen MR) is 111 cm³/mol. The van der Waals surface area contributed by atoms with Crippen LogP contribution in [0, 0.1) is 0 Å². The summed E-state index contributed by atoms with van der Waals surface area (Å²) in [6.07, 6.45) is -2.98. The standard InChI is InChI=1S/C19H13F3N4O3S2/c1-29-15-8-10(19(20,21)22)2-4-13(15)16-12-5-3-11(9-14(12)24-17(27)25-16)31(28)26-18-23-6-7-30-18/h2-9H,1H3,(H,23,26)(H,24,25,27). The first-order valence-corrected chi connectivity index (χ1v) is 10.7. The minimum absolute atomic E-state index is 0.0766. The Labute approximate surface area is 179 Å². The van der Waals surface area contributed by atoms with Gasteiger partial charge in [0, 0.05) is 22.5 Å². The summed E-state index contributed by atoms with van der Waals surface area (Å²) in [5.41, 5.74) is -0.895. The Hall–Kier alpha value is -3.25. The maximum atomic E-state index is 13.0. The Morgan fingerprint density at radius 1 is 1.19 bits per heavy atom. The Morgan fingerprint density at radius 3 is 2.68 bits per heavy atom. The Morgan fingerprint density at radius 2 is 2.00 bits per heavy atom. The zero-order chi connectivity index (χ0) is 22.2. The lowest BCUT2D eigenvalue weighted by atomic mass is 10.0. The molecule has 4 aromatic rings. The average Bonchev–Trinajstić information content (AvgIpc) is 3.24. The number of fused-ring (bicyclic) bond motifs is 1. The van der Waals surface area contributed by atoms with Crippen molar-refractivity contribution in [3.8, 4) is 17.0 Å². The van der Waals surface area contributed by atoms with Crippen molar-refractivity contribution in [3.05, 3.63) is 64.0 Å². The van der Waals surface area contributed by atoms with Crippen LogP contribution in [0.3, 0.4) is 0 Å². The number of H-pyrrole nitrogens is 1. The van der Waals surface area contributed by atoms with Crippen LogP contribution in [0.15, 0.2) is 57.7 Å². The second kappa shape index (κ2) is 8.12. The van der Waals surface area contributed by atoms with E-state index in [0.717, 1.165) is 12.1 Å². The van der Waals surface area contributed by atoms with Gasteiger partial charge in [0.2, 0.25) is 0 Å². The van der Waals surface area contributed by atoms with Crippen LogP contribution < -0.4 is 15.1 Å². The largest absolute Gasteiger partial charge is 0.496 e. The van der Waals surface area contributed by atoms with Crippen LogP contribution >= 0.6 is 11.3 Å². The number of halogens is 3. The molecule has 2 aromatic carbocycles. The second-order valence-electron chi connectivity index (χ2n) is 6.22. The van der Waals surface area contributed by atoms with Crippen molar-refractivity contribution in [2.75, 3.05) is 11.8 Å². The third-order valence-electron chi connectivity index (χ3n) is 4.31. The van der Waals surface area contributed by atoms with Gasteiger partial charge in [-0.2, -0.15) is 18.2 Å². The molecule has 0 aliphatic carbocycles. The minimum atomic E-state index is -4.54. The molecule has 2 N–H and O–H groups in total. The fourth-order valence-corrected chi connectivity index (χ4v) is 4.47. The van der Waals surface area contributed by atoms with Crippen molar-refractivity contribution in [3.63, 3.8) is 0 Å². The van der Waals surface area contributed by atoms with Gasteiger partial charge < -0.3 is 9.72 Å². The van der Waals surface area contributed by atoms with Gasteiger partial charge in [-0.15, -0.1) is 11.3 Å². The van der Waals surface area contributed by atoms with Gasteiger partial charge in [0.1, 0.15) is 5.75 Å².